The predicted molar refractivity (Wildman–Crippen MR) is 127 cm³/mol. The van der Waals surface area contributed by atoms with E-state index in [1.807, 2.05) is 20.8 Å². The Hall–Kier alpha value is -0.380. The van der Waals surface area contributed by atoms with Crippen LogP contribution in [-0.2, 0) is 4.74 Å². The summed E-state index contributed by atoms with van der Waals surface area (Å²) in [5.41, 5.74) is 0.832. The molecule has 3 heteroatoms. The van der Waals surface area contributed by atoms with Gasteiger partial charge in [-0.2, -0.15) is 0 Å². The van der Waals surface area contributed by atoms with Crippen molar-refractivity contribution in [2.75, 3.05) is 7.11 Å². The highest BCUT2D eigenvalue weighted by molar-refractivity contribution is 5.28. The van der Waals surface area contributed by atoms with E-state index < -0.39 is 11.2 Å². The van der Waals surface area contributed by atoms with E-state index in [1.54, 1.807) is 7.11 Å². The maximum absolute atomic E-state index is 11.0. The van der Waals surface area contributed by atoms with Gasteiger partial charge in [0.25, 0.3) is 0 Å². The Labute approximate surface area is 191 Å². The summed E-state index contributed by atoms with van der Waals surface area (Å²) < 4.78 is 5.81. The minimum absolute atomic E-state index is 0.0695. The maximum atomic E-state index is 11.0. The Morgan fingerprint density at radius 1 is 1.16 bits per heavy atom. The molecular weight excluding hydrogens is 384 g/mol. The molecule has 0 aromatic heterocycles. The molecule has 0 aromatic carbocycles. The second kappa shape index (κ2) is 7.84. The second-order valence-corrected chi connectivity index (χ2v) is 13.3. The van der Waals surface area contributed by atoms with E-state index in [4.69, 9.17) is 4.74 Å². The maximum Gasteiger partial charge on any atom is 0.0917 e. The molecule has 3 nitrogen and oxygen atoms in total. The molecule has 31 heavy (non-hydrogen) atoms. The van der Waals surface area contributed by atoms with E-state index in [1.165, 1.54) is 37.7 Å². The van der Waals surface area contributed by atoms with Crippen LogP contribution in [-0.4, -0.2) is 34.6 Å². The highest BCUT2D eigenvalue weighted by Crippen LogP contribution is 2.67. The van der Waals surface area contributed by atoms with E-state index in [0.29, 0.717) is 11.3 Å². The normalized spacial score (nSPS) is 48.4. The van der Waals surface area contributed by atoms with Gasteiger partial charge in [-0.1, -0.05) is 32.4 Å². The lowest BCUT2D eigenvalue weighted by Crippen LogP contribution is -2.56. The summed E-state index contributed by atoms with van der Waals surface area (Å²) in [4.78, 5) is 0. The number of ether oxygens (including phenoxy) is 1. The second-order valence-electron chi connectivity index (χ2n) is 13.3. The van der Waals surface area contributed by atoms with E-state index in [9.17, 15) is 10.2 Å². The highest BCUT2D eigenvalue weighted by atomic mass is 16.5. The molecule has 0 radical (unpaired) electrons. The van der Waals surface area contributed by atoms with Crippen molar-refractivity contribution in [2.24, 2.45) is 40.4 Å². The number of allylic oxidation sites excluding steroid dienone is 1. The fourth-order valence-corrected chi connectivity index (χ4v) is 8.91. The van der Waals surface area contributed by atoms with Gasteiger partial charge < -0.3 is 14.9 Å². The fourth-order valence-electron chi connectivity index (χ4n) is 8.91. The van der Waals surface area contributed by atoms with Crippen molar-refractivity contribution in [1.29, 1.82) is 0 Å². The number of aliphatic hydroxyl groups is 2. The minimum Gasteiger partial charge on any atom is -0.390 e. The van der Waals surface area contributed by atoms with Crippen LogP contribution in [0.1, 0.15) is 99.3 Å². The molecule has 0 heterocycles. The lowest BCUT2D eigenvalue weighted by Gasteiger charge is -2.60. The minimum atomic E-state index is -0.746. The first-order valence-corrected chi connectivity index (χ1v) is 13.0. The Balaban J connectivity index is 1.55. The molecule has 4 aliphatic rings. The molecule has 0 saturated heterocycles. The average Bonchev–Trinajstić information content (AvgIpc) is 3.02. The van der Waals surface area contributed by atoms with Crippen molar-refractivity contribution in [3.8, 4) is 0 Å². The van der Waals surface area contributed by atoms with Crippen molar-refractivity contribution < 1.29 is 14.9 Å². The van der Waals surface area contributed by atoms with Crippen LogP contribution in [0.5, 0.6) is 0 Å². The molecule has 0 bridgehead atoms. The Morgan fingerprint density at radius 2 is 1.87 bits per heavy atom. The molecule has 0 aromatic rings. The average molecular weight is 433 g/mol. The SMILES string of the molecule is CO[C@H]1C[C@@]2(C)C(=CC[C@H]3[C@@H]4CC[C@H]([C@H](C)CCC(C)(C)O)[C@@]4(C)CC[C@@H]32)C[C@@]1(C)O. The van der Waals surface area contributed by atoms with Gasteiger partial charge in [-0.25, -0.2) is 0 Å². The smallest absolute Gasteiger partial charge is 0.0917 e. The quantitative estimate of drug-likeness (QED) is 0.514. The van der Waals surface area contributed by atoms with Gasteiger partial charge in [0.1, 0.15) is 0 Å². The van der Waals surface area contributed by atoms with Crippen molar-refractivity contribution in [3.63, 3.8) is 0 Å². The fraction of sp³-hybridized carbons (Fsp3) is 0.929. The topological polar surface area (TPSA) is 49.7 Å². The van der Waals surface area contributed by atoms with E-state index in [-0.39, 0.29) is 11.5 Å². The Bertz CT molecular complexity index is 704. The zero-order chi connectivity index (χ0) is 22.8. The molecule has 0 aliphatic heterocycles. The summed E-state index contributed by atoms with van der Waals surface area (Å²) >= 11 is 0. The number of methoxy groups -OCH3 is 1. The summed E-state index contributed by atoms with van der Waals surface area (Å²) in [7, 11) is 1.77. The van der Waals surface area contributed by atoms with Gasteiger partial charge in [0.2, 0.25) is 0 Å². The lowest BCUT2D eigenvalue weighted by molar-refractivity contribution is -0.139. The standard InChI is InChI=1S/C28H48O3/c1-18(12-14-25(2,3)29)21-10-11-22-20-9-8-19-16-28(6,30)24(31-7)17-27(19,5)23(20)13-15-26(21,22)4/h8,18,20-24,29-30H,9-17H2,1-7H3/t18-,20+,21-,22+,23+,24+,26-,27+,28-/m1/s1. The van der Waals surface area contributed by atoms with Crippen LogP contribution < -0.4 is 0 Å². The molecule has 9 atom stereocenters. The molecule has 2 N–H and O–H groups in total. The third-order valence-corrected chi connectivity index (χ3v) is 10.7. The molecule has 0 spiro atoms. The number of hydrogen-bond donors (Lipinski definition) is 2. The van der Waals surface area contributed by atoms with Crippen molar-refractivity contribution in [3.05, 3.63) is 11.6 Å². The zero-order valence-electron chi connectivity index (χ0n) is 21.2. The van der Waals surface area contributed by atoms with Crippen LogP contribution in [0.4, 0.5) is 0 Å². The van der Waals surface area contributed by atoms with E-state index in [0.717, 1.165) is 49.4 Å². The number of fused-ring (bicyclic) bond motifs is 5. The first-order valence-electron chi connectivity index (χ1n) is 13.0. The molecule has 3 fully saturated rings. The van der Waals surface area contributed by atoms with E-state index >= 15 is 0 Å². The van der Waals surface area contributed by atoms with E-state index in [2.05, 4.69) is 26.8 Å². The van der Waals surface area contributed by atoms with Gasteiger partial charge in [-0.05, 0) is 119 Å². The Kier molecular flexibility index (Phi) is 6.01. The molecule has 4 rings (SSSR count). The summed E-state index contributed by atoms with van der Waals surface area (Å²) in [5.74, 6) is 3.80. The van der Waals surface area contributed by atoms with Crippen LogP contribution in [0.2, 0.25) is 0 Å². The van der Waals surface area contributed by atoms with Crippen molar-refractivity contribution in [2.45, 2.75) is 117 Å². The predicted octanol–water partition coefficient (Wildman–Crippen LogP) is 6.13. The third kappa shape index (κ3) is 3.95. The van der Waals surface area contributed by atoms with Gasteiger partial charge >= 0.3 is 0 Å². The van der Waals surface area contributed by atoms with Gasteiger partial charge in [0.15, 0.2) is 0 Å². The monoisotopic (exact) mass is 432 g/mol. The summed E-state index contributed by atoms with van der Waals surface area (Å²) in [6.07, 6.45) is 12.8. The van der Waals surface area contributed by atoms with Gasteiger partial charge in [-0.3, -0.25) is 0 Å². The lowest BCUT2D eigenvalue weighted by atomic mass is 9.46. The molecular formula is C28H48O3. The molecule has 4 aliphatic carbocycles. The number of hydrogen-bond acceptors (Lipinski definition) is 3. The molecule has 0 amide bonds. The summed E-state index contributed by atoms with van der Waals surface area (Å²) in [6, 6.07) is 0. The van der Waals surface area contributed by atoms with Gasteiger partial charge in [0, 0.05) is 7.11 Å². The van der Waals surface area contributed by atoms with Crippen LogP contribution in [0.25, 0.3) is 0 Å². The zero-order valence-corrected chi connectivity index (χ0v) is 21.2. The first kappa shape index (κ1) is 23.8. The highest BCUT2D eigenvalue weighted by Gasteiger charge is 2.61. The van der Waals surface area contributed by atoms with Crippen LogP contribution in [0, 0.1) is 40.4 Å². The van der Waals surface area contributed by atoms with Crippen molar-refractivity contribution >= 4 is 0 Å². The number of rotatable bonds is 5. The largest absolute Gasteiger partial charge is 0.390 e. The first-order chi connectivity index (χ1) is 14.3. The molecule has 178 valence electrons. The molecule has 0 unspecified atom stereocenters. The molecule has 3 saturated carbocycles. The van der Waals surface area contributed by atoms with Crippen molar-refractivity contribution in [1.82, 2.24) is 0 Å². The van der Waals surface area contributed by atoms with Gasteiger partial charge in [-0.15, -0.1) is 0 Å². The van der Waals surface area contributed by atoms with Gasteiger partial charge in [0.05, 0.1) is 17.3 Å². The summed E-state index contributed by atoms with van der Waals surface area (Å²) in [6.45, 7) is 13.4. The Morgan fingerprint density at radius 3 is 2.52 bits per heavy atom. The van der Waals surface area contributed by atoms with Crippen LogP contribution in [0.15, 0.2) is 11.6 Å². The third-order valence-electron chi connectivity index (χ3n) is 10.7. The van der Waals surface area contributed by atoms with Crippen LogP contribution in [0.3, 0.4) is 0 Å². The summed E-state index contributed by atoms with van der Waals surface area (Å²) in [5, 5.41) is 21.2. The van der Waals surface area contributed by atoms with Crippen LogP contribution >= 0.6 is 0 Å².